The highest BCUT2D eigenvalue weighted by Crippen LogP contribution is 2.21. The first kappa shape index (κ1) is 14.6. The maximum atomic E-state index is 13.6. The molecule has 0 unspecified atom stereocenters. The normalized spacial score (nSPS) is 11.1. The van der Waals surface area contributed by atoms with Crippen molar-refractivity contribution in [3.05, 3.63) is 53.2 Å². The molecule has 0 saturated heterocycles. The Morgan fingerprint density at radius 3 is 2.85 bits per heavy atom. The number of benzene rings is 1. The van der Waals surface area contributed by atoms with Gasteiger partial charge in [-0.2, -0.15) is 0 Å². The lowest BCUT2D eigenvalue weighted by Crippen LogP contribution is -2.22. The molecule has 4 heteroatoms. The number of hydrogen-bond acceptors (Lipinski definition) is 3. The lowest BCUT2D eigenvalue weighted by molar-refractivity contribution is 0.256. The summed E-state index contributed by atoms with van der Waals surface area (Å²) in [7, 11) is 0. The molecule has 2 aromatic rings. The summed E-state index contributed by atoms with van der Waals surface area (Å²) < 4.78 is 24.5. The van der Waals surface area contributed by atoms with Crippen LogP contribution in [0.25, 0.3) is 0 Å². The van der Waals surface area contributed by atoms with Gasteiger partial charge in [-0.05, 0) is 30.7 Å². The van der Waals surface area contributed by atoms with Crippen LogP contribution in [0.4, 0.5) is 4.39 Å². The molecule has 0 aliphatic rings. The predicted molar refractivity (Wildman–Crippen MR) is 76.2 cm³/mol. The predicted octanol–water partition coefficient (Wildman–Crippen LogP) is 3.80. The topological polar surface area (TPSA) is 34.4 Å². The van der Waals surface area contributed by atoms with Gasteiger partial charge in [0.1, 0.15) is 12.4 Å². The molecule has 0 aliphatic carbocycles. The molecule has 0 amide bonds. The lowest BCUT2D eigenvalue weighted by atomic mass is 10.2. The molecule has 0 radical (unpaired) electrons. The Labute approximate surface area is 118 Å². The number of nitrogens with one attached hydrogen (secondary N) is 1. The first-order valence-electron chi connectivity index (χ1n) is 6.74. The van der Waals surface area contributed by atoms with Crippen molar-refractivity contribution in [2.45, 2.75) is 40.0 Å². The number of hydrogen-bond donors (Lipinski definition) is 1. The van der Waals surface area contributed by atoms with Crippen molar-refractivity contribution in [3.8, 4) is 5.75 Å². The number of rotatable bonds is 6. The van der Waals surface area contributed by atoms with Gasteiger partial charge in [0, 0.05) is 18.2 Å². The largest absolute Gasteiger partial charge is 0.483 e. The third kappa shape index (κ3) is 3.84. The van der Waals surface area contributed by atoms with Crippen LogP contribution in [0.2, 0.25) is 0 Å². The summed E-state index contributed by atoms with van der Waals surface area (Å²) in [6, 6.07) is 7.11. The van der Waals surface area contributed by atoms with E-state index in [9.17, 15) is 4.39 Å². The van der Waals surface area contributed by atoms with Gasteiger partial charge < -0.3 is 14.5 Å². The van der Waals surface area contributed by atoms with Crippen LogP contribution in [-0.2, 0) is 13.2 Å². The first-order valence-corrected chi connectivity index (χ1v) is 6.74. The Balaban J connectivity index is 2.00. The second-order valence-corrected chi connectivity index (χ2v) is 5.13. The maximum Gasteiger partial charge on any atom is 0.165 e. The van der Waals surface area contributed by atoms with Crippen molar-refractivity contribution < 1.29 is 13.5 Å². The summed E-state index contributed by atoms with van der Waals surface area (Å²) in [5.41, 5.74) is 1.99. The average Bonchev–Trinajstić information content (AvgIpc) is 2.85. The zero-order valence-electron chi connectivity index (χ0n) is 12.1. The van der Waals surface area contributed by atoms with Gasteiger partial charge in [0.25, 0.3) is 0 Å². The number of halogens is 1. The highest BCUT2D eigenvalue weighted by Gasteiger charge is 2.10. The fourth-order valence-corrected chi connectivity index (χ4v) is 1.83. The Bertz CT molecular complexity index is 563. The summed E-state index contributed by atoms with van der Waals surface area (Å²) >= 11 is 0. The van der Waals surface area contributed by atoms with E-state index in [0.717, 1.165) is 16.9 Å². The molecule has 1 aromatic carbocycles. The van der Waals surface area contributed by atoms with Gasteiger partial charge in [-0.3, -0.25) is 0 Å². The molecular formula is C16H20FNO2. The van der Waals surface area contributed by atoms with Crippen molar-refractivity contribution in [2.75, 3.05) is 0 Å². The van der Waals surface area contributed by atoms with Crippen LogP contribution in [0.3, 0.4) is 0 Å². The van der Waals surface area contributed by atoms with Crippen LogP contribution in [0.1, 0.15) is 30.7 Å². The van der Waals surface area contributed by atoms with E-state index in [1.165, 1.54) is 6.07 Å². The van der Waals surface area contributed by atoms with E-state index in [-0.39, 0.29) is 18.2 Å². The minimum absolute atomic E-state index is 0.225. The minimum Gasteiger partial charge on any atom is -0.483 e. The minimum atomic E-state index is -0.357. The lowest BCUT2D eigenvalue weighted by Gasteiger charge is -2.10. The van der Waals surface area contributed by atoms with Crippen molar-refractivity contribution in [3.63, 3.8) is 0 Å². The van der Waals surface area contributed by atoms with Crippen LogP contribution in [0, 0.1) is 12.7 Å². The van der Waals surface area contributed by atoms with Crippen LogP contribution in [0.5, 0.6) is 5.75 Å². The van der Waals surface area contributed by atoms with E-state index in [2.05, 4.69) is 19.2 Å². The molecule has 0 saturated carbocycles. The third-order valence-electron chi connectivity index (χ3n) is 2.98. The SMILES string of the molecule is Cc1ccc(F)c(OCc2occc2CNC(C)C)c1. The van der Waals surface area contributed by atoms with Crippen LogP contribution >= 0.6 is 0 Å². The number of ether oxygens (including phenoxy) is 1. The molecule has 1 N–H and O–H groups in total. The van der Waals surface area contributed by atoms with Gasteiger partial charge in [0.15, 0.2) is 11.6 Å². The molecule has 1 heterocycles. The van der Waals surface area contributed by atoms with Crippen molar-refractivity contribution in [2.24, 2.45) is 0 Å². The van der Waals surface area contributed by atoms with E-state index in [1.54, 1.807) is 18.4 Å². The highest BCUT2D eigenvalue weighted by atomic mass is 19.1. The molecule has 0 spiro atoms. The number of furan rings is 1. The monoisotopic (exact) mass is 277 g/mol. The quantitative estimate of drug-likeness (QED) is 0.872. The van der Waals surface area contributed by atoms with Crippen molar-refractivity contribution in [1.82, 2.24) is 5.32 Å². The fourth-order valence-electron chi connectivity index (χ4n) is 1.83. The Kier molecular flexibility index (Phi) is 4.79. The van der Waals surface area contributed by atoms with E-state index >= 15 is 0 Å². The van der Waals surface area contributed by atoms with Crippen LogP contribution in [0.15, 0.2) is 34.9 Å². The zero-order chi connectivity index (χ0) is 14.5. The van der Waals surface area contributed by atoms with E-state index < -0.39 is 0 Å². The average molecular weight is 277 g/mol. The second kappa shape index (κ2) is 6.57. The standard InChI is InChI=1S/C16H20FNO2/c1-11(2)18-9-13-6-7-19-16(13)10-20-15-8-12(3)4-5-14(15)17/h4-8,11,18H,9-10H2,1-3H3. The summed E-state index contributed by atoms with van der Waals surface area (Å²) in [5, 5.41) is 3.32. The molecule has 0 aliphatic heterocycles. The molecule has 0 atom stereocenters. The third-order valence-corrected chi connectivity index (χ3v) is 2.98. The van der Waals surface area contributed by atoms with Crippen LogP contribution < -0.4 is 10.1 Å². The molecule has 2 rings (SSSR count). The molecular weight excluding hydrogens is 257 g/mol. The smallest absolute Gasteiger partial charge is 0.165 e. The van der Waals surface area contributed by atoms with E-state index in [0.29, 0.717) is 12.6 Å². The van der Waals surface area contributed by atoms with Gasteiger partial charge in [0.2, 0.25) is 0 Å². The maximum absolute atomic E-state index is 13.6. The fraction of sp³-hybridized carbons (Fsp3) is 0.375. The van der Waals surface area contributed by atoms with Gasteiger partial charge in [-0.25, -0.2) is 4.39 Å². The van der Waals surface area contributed by atoms with E-state index in [1.807, 2.05) is 13.0 Å². The van der Waals surface area contributed by atoms with Gasteiger partial charge >= 0.3 is 0 Å². The highest BCUT2D eigenvalue weighted by molar-refractivity contribution is 5.29. The Morgan fingerprint density at radius 2 is 2.10 bits per heavy atom. The summed E-state index contributed by atoms with van der Waals surface area (Å²) in [4.78, 5) is 0. The summed E-state index contributed by atoms with van der Waals surface area (Å²) in [6.45, 7) is 7.00. The molecule has 1 aromatic heterocycles. The van der Waals surface area contributed by atoms with E-state index in [4.69, 9.17) is 9.15 Å². The summed E-state index contributed by atoms with van der Waals surface area (Å²) in [5.74, 6) is 0.618. The first-order chi connectivity index (χ1) is 9.56. The molecule has 108 valence electrons. The molecule has 3 nitrogen and oxygen atoms in total. The molecule has 0 bridgehead atoms. The van der Waals surface area contributed by atoms with Gasteiger partial charge in [0.05, 0.1) is 6.26 Å². The van der Waals surface area contributed by atoms with Crippen LogP contribution in [-0.4, -0.2) is 6.04 Å². The van der Waals surface area contributed by atoms with Crippen molar-refractivity contribution in [1.29, 1.82) is 0 Å². The molecule has 0 fully saturated rings. The van der Waals surface area contributed by atoms with Crippen molar-refractivity contribution >= 4 is 0 Å². The van der Waals surface area contributed by atoms with Gasteiger partial charge in [-0.15, -0.1) is 0 Å². The zero-order valence-corrected chi connectivity index (χ0v) is 12.1. The number of aryl methyl sites for hydroxylation is 1. The van der Waals surface area contributed by atoms with Gasteiger partial charge in [-0.1, -0.05) is 19.9 Å². The second-order valence-electron chi connectivity index (χ2n) is 5.13. The Morgan fingerprint density at radius 1 is 1.30 bits per heavy atom. The summed E-state index contributed by atoms with van der Waals surface area (Å²) in [6.07, 6.45) is 1.63. The molecule has 20 heavy (non-hydrogen) atoms. The Hall–Kier alpha value is -1.81.